The lowest BCUT2D eigenvalue weighted by atomic mass is 9.33. The number of fused-ring (bicyclic) bond motifs is 4. The van der Waals surface area contributed by atoms with Crippen LogP contribution in [0.25, 0.3) is 22.3 Å². The van der Waals surface area contributed by atoms with Crippen LogP contribution in [0.5, 0.6) is 11.5 Å². The zero-order valence-corrected chi connectivity index (χ0v) is 25.5. The van der Waals surface area contributed by atoms with Crippen molar-refractivity contribution < 1.29 is 10.2 Å². The molecule has 0 atom stereocenters. The second kappa shape index (κ2) is 10.7. The van der Waals surface area contributed by atoms with E-state index in [1.54, 1.807) is 24.3 Å². The lowest BCUT2D eigenvalue weighted by Crippen LogP contribution is -2.61. The summed E-state index contributed by atoms with van der Waals surface area (Å²) in [6.07, 6.45) is 0. The average Bonchev–Trinajstić information content (AvgIpc) is 3.12. The Morgan fingerprint density at radius 2 is 0.766 bits per heavy atom. The number of aromatic hydroxyl groups is 2. The number of nitrogens with zero attached hydrogens (tertiary/aromatic N) is 2. The molecule has 0 amide bonds. The first kappa shape index (κ1) is 27.1. The molecule has 2 N–H and O–H groups in total. The summed E-state index contributed by atoms with van der Waals surface area (Å²) in [5, 5.41) is 19.9. The molecule has 9 rings (SSSR count). The molecule has 0 bridgehead atoms. The van der Waals surface area contributed by atoms with E-state index in [2.05, 4.69) is 125 Å². The van der Waals surface area contributed by atoms with Crippen LogP contribution in [0.2, 0.25) is 0 Å². The molecule has 2 aliphatic rings. The van der Waals surface area contributed by atoms with E-state index in [9.17, 15) is 10.2 Å². The maximum atomic E-state index is 9.97. The summed E-state index contributed by atoms with van der Waals surface area (Å²) in [6, 6.07) is 56.3. The van der Waals surface area contributed by atoms with E-state index in [0.717, 1.165) is 56.4 Å². The molecule has 0 fully saturated rings. The summed E-state index contributed by atoms with van der Waals surface area (Å²) in [4.78, 5) is 4.79. The molecular weight excluding hydrogens is 575 g/mol. The maximum absolute atomic E-state index is 9.97. The summed E-state index contributed by atoms with van der Waals surface area (Å²) in [7, 11) is 0. The molecule has 0 aromatic heterocycles. The van der Waals surface area contributed by atoms with Crippen molar-refractivity contribution in [3.05, 3.63) is 164 Å². The number of hydrogen-bond acceptors (Lipinski definition) is 4. The lowest BCUT2D eigenvalue weighted by molar-refractivity contribution is 0.475. The van der Waals surface area contributed by atoms with Crippen LogP contribution in [-0.2, 0) is 0 Å². The van der Waals surface area contributed by atoms with Crippen molar-refractivity contribution in [3.63, 3.8) is 0 Å². The highest BCUT2D eigenvalue weighted by molar-refractivity contribution is 7.00. The van der Waals surface area contributed by atoms with Gasteiger partial charge in [0, 0.05) is 34.1 Å². The molecule has 7 aromatic rings. The van der Waals surface area contributed by atoms with Gasteiger partial charge in [-0.2, -0.15) is 0 Å². The third kappa shape index (κ3) is 4.39. The van der Waals surface area contributed by atoms with Gasteiger partial charge in [-0.05, 0) is 111 Å². The molecule has 5 heteroatoms. The first-order valence-electron chi connectivity index (χ1n) is 15.8. The molecule has 0 saturated heterocycles. The Balaban J connectivity index is 1.32. The van der Waals surface area contributed by atoms with E-state index < -0.39 is 0 Å². The SMILES string of the molecule is Oc1ccc(-c2ccc3c(c2)N(c2ccccc2)c2cccc4c2B3c2ccc(-c3ccc(O)cc3)cc2N4c2ccccc2)cc1. The Morgan fingerprint density at radius 1 is 0.362 bits per heavy atom. The number of rotatable bonds is 4. The van der Waals surface area contributed by atoms with E-state index in [1.165, 1.54) is 16.4 Å². The first-order valence-corrected chi connectivity index (χ1v) is 15.8. The number of para-hydroxylation sites is 2. The molecule has 2 aliphatic heterocycles. The van der Waals surface area contributed by atoms with Crippen molar-refractivity contribution in [1.29, 1.82) is 0 Å². The van der Waals surface area contributed by atoms with Crippen LogP contribution in [-0.4, -0.2) is 16.9 Å². The van der Waals surface area contributed by atoms with Gasteiger partial charge < -0.3 is 20.0 Å². The number of anilines is 6. The number of hydrogen-bond donors (Lipinski definition) is 2. The first-order chi connectivity index (χ1) is 23.1. The number of phenolic OH excluding ortho intramolecular Hbond substituents is 2. The van der Waals surface area contributed by atoms with E-state index in [0.29, 0.717) is 0 Å². The van der Waals surface area contributed by atoms with Gasteiger partial charge in [-0.1, -0.05) is 91.0 Å². The zero-order chi connectivity index (χ0) is 31.5. The minimum atomic E-state index is 0.00820. The van der Waals surface area contributed by atoms with Gasteiger partial charge in [0.25, 0.3) is 6.71 Å². The van der Waals surface area contributed by atoms with Gasteiger partial charge in [-0.25, -0.2) is 0 Å². The van der Waals surface area contributed by atoms with Crippen LogP contribution in [0.15, 0.2) is 164 Å². The van der Waals surface area contributed by atoms with Gasteiger partial charge in [0.15, 0.2) is 0 Å². The standard InChI is InChI=1S/C42H29BN2O2/c46-34-20-14-28(15-21-34)30-18-24-36-40(26-30)44(32-8-3-1-4-9-32)38-12-7-13-39-42(38)43(36)37-25-19-31(29-16-22-35(47)23-17-29)27-41(37)45(39)33-10-5-2-6-11-33/h1-27,46-47H. The summed E-state index contributed by atoms with van der Waals surface area (Å²) in [6.45, 7) is 0.00820. The molecule has 47 heavy (non-hydrogen) atoms. The van der Waals surface area contributed by atoms with Crippen molar-refractivity contribution in [2.45, 2.75) is 0 Å². The smallest absolute Gasteiger partial charge is 0.252 e. The molecule has 0 spiro atoms. The maximum Gasteiger partial charge on any atom is 0.252 e. The summed E-state index contributed by atoms with van der Waals surface area (Å²) < 4.78 is 0. The quantitative estimate of drug-likeness (QED) is 0.198. The highest BCUT2D eigenvalue weighted by Crippen LogP contribution is 2.45. The van der Waals surface area contributed by atoms with Crippen molar-refractivity contribution in [2.24, 2.45) is 0 Å². The second-order valence-electron chi connectivity index (χ2n) is 12.1. The van der Waals surface area contributed by atoms with E-state index in [1.807, 2.05) is 24.3 Å². The Labute approximate surface area is 274 Å². The molecule has 0 saturated carbocycles. The van der Waals surface area contributed by atoms with Gasteiger partial charge in [-0.15, -0.1) is 0 Å². The van der Waals surface area contributed by atoms with Crippen LogP contribution >= 0.6 is 0 Å². The van der Waals surface area contributed by atoms with Crippen LogP contribution in [0.1, 0.15) is 0 Å². The number of phenols is 2. The van der Waals surface area contributed by atoms with Gasteiger partial charge in [0.1, 0.15) is 11.5 Å². The van der Waals surface area contributed by atoms with Gasteiger partial charge in [0.05, 0.1) is 0 Å². The Hall–Kier alpha value is -6.20. The monoisotopic (exact) mass is 604 g/mol. The third-order valence-electron chi connectivity index (χ3n) is 9.43. The Kier molecular flexibility index (Phi) is 6.19. The van der Waals surface area contributed by atoms with E-state index >= 15 is 0 Å². The van der Waals surface area contributed by atoms with Crippen molar-refractivity contribution >= 4 is 57.2 Å². The van der Waals surface area contributed by atoms with Crippen molar-refractivity contribution in [3.8, 4) is 33.8 Å². The fraction of sp³-hybridized carbons (Fsp3) is 0. The van der Waals surface area contributed by atoms with Crippen molar-refractivity contribution in [1.82, 2.24) is 0 Å². The van der Waals surface area contributed by atoms with Crippen molar-refractivity contribution in [2.75, 3.05) is 9.80 Å². The van der Waals surface area contributed by atoms with Gasteiger partial charge >= 0.3 is 0 Å². The third-order valence-corrected chi connectivity index (χ3v) is 9.43. The summed E-state index contributed by atoms with van der Waals surface area (Å²) >= 11 is 0. The second-order valence-corrected chi connectivity index (χ2v) is 12.1. The molecule has 4 nitrogen and oxygen atoms in total. The summed E-state index contributed by atoms with van der Waals surface area (Å²) in [5.74, 6) is 0.514. The molecule has 2 heterocycles. The van der Waals surface area contributed by atoms with E-state index in [4.69, 9.17) is 0 Å². The minimum Gasteiger partial charge on any atom is -0.508 e. The van der Waals surface area contributed by atoms with Gasteiger partial charge in [-0.3, -0.25) is 0 Å². The fourth-order valence-electron chi connectivity index (χ4n) is 7.31. The molecule has 222 valence electrons. The zero-order valence-electron chi connectivity index (χ0n) is 25.5. The van der Waals surface area contributed by atoms with Crippen LogP contribution in [0.4, 0.5) is 34.1 Å². The Morgan fingerprint density at radius 3 is 1.19 bits per heavy atom. The molecular formula is C42H29BN2O2. The minimum absolute atomic E-state index is 0.00820. The molecule has 0 aliphatic carbocycles. The number of benzene rings is 7. The van der Waals surface area contributed by atoms with E-state index in [-0.39, 0.29) is 18.2 Å². The predicted octanol–water partition coefficient (Wildman–Crippen LogP) is 8.51. The predicted molar refractivity (Wildman–Crippen MR) is 195 cm³/mol. The normalized spacial score (nSPS) is 12.7. The fourth-order valence-corrected chi connectivity index (χ4v) is 7.31. The van der Waals surface area contributed by atoms with Crippen LogP contribution in [0, 0.1) is 0 Å². The highest BCUT2D eigenvalue weighted by Gasteiger charge is 2.43. The largest absolute Gasteiger partial charge is 0.508 e. The summed E-state index contributed by atoms with van der Waals surface area (Å²) in [5.41, 5.74) is 14.8. The average molecular weight is 605 g/mol. The lowest BCUT2D eigenvalue weighted by Gasteiger charge is -2.44. The van der Waals surface area contributed by atoms with Crippen LogP contribution < -0.4 is 26.2 Å². The van der Waals surface area contributed by atoms with Crippen LogP contribution in [0.3, 0.4) is 0 Å². The Bertz CT molecular complexity index is 2110. The molecule has 0 unspecified atom stereocenters. The molecule has 7 aromatic carbocycles. The van der Waals surface area contributed by atoms with Gasteiger partial charge in [0.2, 0.25) is 0 Å². The topological polar surface area (TPSA) is 46.9 Å². The highest BCUT2D eigenvalue weighted by atomic mass is 16.3. The molecule has 0 radical (unpaired) electrons.